The first-order valence-corrected chi connectivity index (χ1v) is 9.22. The van der Waals surface area contributed by atoms with Crippen LogP contribution in [0.25, 0.3) is 5.69 Å². The number of para-hydroxylation sites is 1. The van der Waals surface area contributed by atoms with Crippen LogP contribution >= 0.6 is 27.7 Å². The van der Waals surface area contributed by atoms with Gasteiger partial charge in [-0.3, -0.25) is 14.2 Å². The van der Waals surface area contributed by atoms with Crippen molar-refractivity contribution < 1.29 is 4.79 Å². The molecule has 1 amide bonds. The number of thioether (sulfide) groups is 1. The number of nitrogens with zero attached hydrogens (tertiary/aromatic N) is 2. The van der Waals surface area contributed by atoms with Gasteiger partial charge in [0.15, 0.2) is 5.03 Å². The summed E-state index contributed by atoms with van der Waals surface area (Å²) in [5.74, 6) is -0.0828. The maximum absolute atomic E-state index is 12.5. The summed E-state index contributed by atoms with van der Waals surface area (Å²) in [6.45, 7) is 0. The average molecular weight is 416 g/mol. The van der Waals surface area contributed by atoms with Crippen LogP contribution in [0.5, 0.6) is 0 Å². The Bertz CT molecular complexity index is 927. The van der Waals surface area contributed by atoms with Gasteiger partial charge in [0, 0.05) is 28.2 Å². The lowest BCUT2D eigenvalue weighted by atomic mass is 10.3. The van der Waals surface area contributed by atoms with Crippen LogP contribution in [0.3, 0.4) is 0 Å². The predicted molar refractivity (Wildman–Crippen MR) is 103 cm³/mol. The number of halogens is 1. The predicted octanol–water partition coefficient (Wildman–Crippen LogP) is 3.73. The zero-order valence-electron chi connectivity index (χ0n) is 13.1. The van der Waals surface area contributed by atoms with E-state index in [1.807, 2.05) is 42.5 Å². The van der Waals surface area contributed by atoms with E-state index in [0.29, 0.717) is 5.69 Å². The number of carbonyl (C=O) groups excluding carboxylic acids is 1. The van der Waals surface area contributed by atoms with Crippen molar-refractivity contribution in [1.29, 1.82) is 0 Å². The summed E-state index contributed by atoms with van der Waals surface area (Å²) in [5, 5.41) is 3.08. The van der Waals surface area contributed by atoms with Crippen LogP contribution in [0.1, 0.15) is 0 Å². The third kappa shape index (κ3) is 4.58. The molecule has 0 aliphatic heterocycles. The van der Waals surface area contributed by atoms with Crippen LogP contribution in [-0.4, -0.2) is 21.2 Å². The Balaban J connectivity index is 1.68. The number of hydrogen-bond acceptors (Lipinski definition) is 4. The molecule has 5 nitrogen and oxygen atoms in total. The summed E-state index contributed by atoms with van der Waals surface area (Å²) in [7, 11) is 0. The van der Waals surface area contributed by atoms with E-state index in [-0.39, 0.29) is 22.2 Å². The molecule has 0 spiro atoms. The van der Waals surface area contributed by atoms with Gasteiger partial charge in [-0.25, -0.2) is 4.98 Å². The molecule has 0 saturated heterocycles. The lowest BCUT2D eigenvalue weighted by Gasteiger charge is -2.07. The first-order valence-electron chi connectivity index (χ1n) is 7.45. The van der Waals surface area contributed by atoms with E-state index < -0.39 is 0 Å². The van der Waals surface area contributed by atoms with E-state index in [4.69, 9.17) is 0 Å². The van der Waals surface area contributed by atoms with Gasteiger partial charge in [-0.05, 0) is 36.4 Å². The molecule has 1 aromatic heterocycles. The standard InChI is InChI=1S/C18H14BrN3O2S/c19-13-6-8-14(9-7-13)21-16(23)12-25-17-18(24)22(11-10-20-17)15-4-2-1-3-5-15/h1-11H,12H2,(H,21,23). The highest BCUT2D eigenvalue weighted by Gasteiger charge is 2.10. The van der Waals surface area contributed by atoms with Crippen molar-refractivity contribution in [1.82, 2.24) is 9.55 Å². The smallest absolute Gasteiger partial charge is 0.287 e. The van der Waals surface area contributed by atoms with E-state index in [9.17, 15) is 9.59 Å². The van der Waals surface area contributed by atoms with Crippen LogP contribution in [-0.2, 0) is 4.79 Å². The molecule has 1 N–H and O–H groups in total. The van der Waals surface area contributed by atoms with Crippen LogP contribution < -0.4 is 10.9 Å². The maximum atomic E-state index is 12.5. The number of rotatable bonds is 5. The molecule has 2 aromatic carbocycles. The quantitative estimate of drug-likeness (QED) is 0.644. The molecular weight excluding hydrogens is 402 g/mol. The van der Waals surface area contributed by atoms with E-state index in [1.165, 1.54) is 4.57 Å². The van der Waals surface area contributed by atoms with E-state index in [0.717, 1.165) is 21.9 Å². The number of carbonyl (C=O) groups is 1. The summed E-state index contributed by atoms with van der Waals surface area (Å²) < 4.78 is 2.46. The van der Waals surface area contributed by atoms with Gasteiger partial charge in [0.25, 0.3) is 5.56 Å². The molecule has 0 aliphatic carbocycles. The molecule has 126 valence electrons. The van der Waals surface area contributed by atoms with Crippen molar-refractivity contribution in [2.75, 3.05) is 11.1 Å². The van der Waals surface area contributed by atoms with Gasteiger partial charge in [0.1, 0.15) is 0 Å². The fourth-order valence-corrected chi connectivity index (χ4v) is 3.11. The monoisotopic (exact) mass is 415 g/mol. The van der Waals surface area contributed by atoms with E-state index in [2.05, 4.69) is 26.2 Å². The second-order valence-electron chi connectivity index (χ2n) is 5.09. The minimum absolute atomic E-state index is 0.108. The Hall–Kier alpha value is -2.38. The summed E-state index contributed by atoms with van der Waals surface area (Å²) >= 11 is 4.47. The normalized spacial score (nSPS) is 10.4. The third-order valence-corrected chi connectivity index (χ3v) is 4.80. The number of anilines is 1. The zero-order chi connectivity index (χ0) is 17.6. The first kappa shape index (κ1) is 17.4. The molecule has 25 heavy (non-hydrogen) atoms. The van der Waals surface area contributed by atoms with Crippen molar-refractivity contribution >= 4 is 39.3 Å². The highest BCUT2D eigenvalue weighted by molar-refractivity contribution is 9.10. The number of amides is 1. The summed E-state index contributed by atoms with van der Waals surface area (Å²) in [5.41, 5.74) is 1.22. The van der Waals surface area contributed by atoms with Crippen molar-refractivity contribution in [3.63, 3.8) is 0 Å². The minimum Gasteiger partial charge on any atom is -0.325 e. The zero-order valence-corrected chi connectivity index (χ0v) is 15.5. The second kappa shape index (κ2) is 8.13. The van der Waals surface area contributed by atoms with Gasteiger partial charge < -0.3 is 5.32 Å². The largest absolute Gasteiger partial charge is 0.325 e. The lowest BCUT2D eigenvalue weighted by Crippen LogP contribution is -2.22. The fraction of sp³-hybridized carbons (Fsp3) is 0.0556. The van der Waals surface area contributed by atoms with Gasteiger partial charge in [0.05, 0.1) is 5.75 Å². The molecule has 0 unspecified atom stereocenters. The Kier molecular flexibility index (Phi) is 5.67. The lowest BCUT2D eigenvalue weighted by molar-refractivity contribution is -0.113. The van der Waals surface area contributed by atoms with Crippen LogP contribution in [0.2, 0.25) is 0 Å². The van der Waals surface area contributed by atoms with Gasteiger partial charge in [-0.1, -0.05) is 45.9 Å². The molecule has 0 atom stereocenters. The molecular formula is C18H14BrN3O2S. The highest BCUT2D eigenvalue weighted by Crippen LogP contribution is 2.16. The van der Waals surface area contributed by atoms with Gasteiger partial charge in [0.2, 0.25) is 5.91 Å². The van der Waals surface area contributed by atoms with E-state index >= 15 is 0 Å². The molecule has 0 aliphatic rings. The van der Waals surface area contributed by atoms with Crippen LogP contribution in [0.15, 0.2) is 81.3 Å². The van der Waals surface area contributed by atoms with Gasteiger partial charge in [-0.2, -0.15) is 0 Å². The molecule has 0 fully saturated rings. The van der Waals surface area contributed by atoms with Crippen molar-refractivity contribution in [2.24, 2.45) is 0 Å². The summed E-state index contributed by atoms with van der Waals surface area (Å²) in [6, 6.07) is 16.6. The van der Waals surface area contributed by atoms with Crippen molar-refractivity contribution in [2.45, 2.75) is 5.03 Å². The number of benzene rings is 2. The molecule has 0 radical (unpaired) electrons. The van der Waals surface area contributed by atoms with Crippen molar-refractivity contribution in [3.05, 3.63) is 81.8 Å². The molecule has 0 saturated carbocycles. The molecule has 0 bridgehead atoms. The number of nitrogens with one attached hydrogen (secondary N) is 1. The van der Waals surface area contributed by atoms with Crippen molar-refractivity contribution in [3.8, 4) is 5.69 Å². The Labute approximate surface area is 157 Å². The highest BCUT2D eigenvalue weighted by atomic mass is 79.9. The van der Waals surface area contributed by atoms with E-state index in [1.54, 1.807) is 24.5 Å². The summed E-state index contributed by atoms with van der Waals surface area (Å²) in [6.07, 6.45) is 3.17. The van der Waals surface area contributed by atoms with Gasteiger partial charge in [-0.15, -0.1) is 0 Å². The first-order chi connectivity index (χ1) is 12.1. The average Bonchev–Trinajstić information content (AvgIpc) is 2.63. The SMILES string of the molecule is O=C(CSc1nccn(-c2ccccc2)c1=O)Nc1ccc(Br)cc1. The molecule has 3 rings (SSSR count). The van der Waals surface area contributed by atoms with Crippen LogP contribution in [0, 0.1) is 0 Å². The fourth-order valence-electron chi connectivity index (χ4n) is 2.15. The molecule has 3 aromatic rings. The Morgan fingerprint density at radius 2 is 1.84 bits per heavy atom. The molecule has 1 heterocycles. The number of aromatic nitrogens is 2. The third-order valence-electron chi connectivity index (χ3n) is 3.31. The maximum Gasteiger partial charge on any atom is 0.287 e. The van der Waals surface area contributed by atoms with Crippen LogP contribution in [0.4, 0.5) is 5.69 Å². The minimum atomic E-state index is -0.241. The topological polar surface area (TPSA) is 64.0 Å². The Morgan fingerprint density at radius 1 is 1.12 bits per heavy atom. The number of hydrogen-bond donors (Lipinski definition) is 1. The summed E-state index contributed by atoms with van der Waals surface area (Å²) in [4.78, 5) is 28.7. The van der Waals surface area contributed by atoms with Gasteiger partial charge >= 0.3 is 0 Å². The Morgan fingerprint density at radius 3 is 2.56 bits per heavy atom. The second-order valence-corrected chi connectivity index (χ2v) is 6.97. The molecule has 7 heteroatoms.